The largest absolute Gasteiger partial charge is 0.353 e. The van der Waals surface area contributed by atoms with Crippen molar-refractivity contribution in [2.75, 3.05) is 14.1 Å². The van der Waals surface area contributed by atoms with E-state index in [1.165, 1.54) is 32.8 Å². The van der Waals surface area contributed by atoms with E-state index in [2.05, 4.69) is 9.39 Å². The fourth-order valence-electron chi connectivity index (χ4n) is 2.08. The van der Waals surface area contributed by atoms with Gasteiger partial charge in [-0.05, 0) is 57.2 Å². The number of hydrogen-bond donors (Lipinski definition) is 0. The van der Waals surface area contributed by atoms with Crippen LogP contribution in [0.3, 0.4) is 0 Å². The summed E-state index contributed by atoms with van der Waals surface area (Å²) >= 11 is 5.27. The molecule has 3 aromatic rings. The van der Waals surface area contributed by atoms with Crippen LogP contribution in [0.15, 0.2) is 74.9 Å². The van der Waals surface area contributed by atoms with Gasteiger partial charge in [0.15, 0.2) is 5.11 Å². The van der Waals surface area contributed by atoms with Gasteiger partial charge in [0, 0.05) is 14.1 Å². The maximum absolute atomic E-state index is 12.7. The van der Waals surface area contributed by atoms with Crippen LogP contribution in [0, 0.1) is 0 Å². The molecule has 0 atom stereocenters. The first-order valence-electron chi connectivity index (χ1n) is 7.78. The third-order valence-electron chi connectivity index (χ3n) is 3.40. The van der Waals surface area contributed by atoms with Crippen molar-refractivity contribution in [3.63, 3.8) is 0 Å². The zero-order valence-corrected chi connectivity index (χ0v) is 17.8. The molecule has 6 nitrogen and oxygen atoms in total. The summed E-state index contributed by atoms with van der Waals surface area (Å²) in [5, 5.41) is 0.395. The Bertz CT molecular complexity index is 1170. The number of thiocarbonyl (C=S) groups is 1. The van der Waals surface area contributed by atoms with Crippen molar-refractivity contribution < 1.29 is 8.42 Å². The van der Waals surface area contributed by atoms with Crippen LogP contribution in [0.5, 0.6) is 0 Å². The smallest absolute Gasteiger partial charge is 0.285 e. The number of sulfonamides is 1. The van der Waals surface area contributed by atoms with Crippen molar-refractivity contribution in [2.45, 2.75) is 4.90 Å². The second-order valence-electron chi connectivity index (χ2n) is 5.57. The molecule has 27 heavy (non-hydrogen) atoms. The number of aromatic nitrogens is 1. The van der Waals surface area contributed by atoms with Gasteiger partial charge < -0.3 is 4.90 Å². The highest BCUT2D eigenvalue weighted by Crippen LogP contribution is 2.12. The summed E-state index contributed by atoms with van der Waals surface area (Å²) in [6.45, 7) is 0. The lowest BCUT2D eigenvalue weighted by atomic mass is 10.3. The lowest BCUT2D eigenvalue weighted by Crippen LogP contribution is -2.28. The Hall–Kier alpha value is -2.14. The first-order chi connectivity index (χ1) is 12.9. The summed E-state index contributed by atoms with van der Waals surface area (Å²) in [5.74, 6) is 0. The second kappa shape index (κ2) is 8.26. The highest BCUT2D eigenvalue weighted by molar-refractivity contribution is 7.90. The van der Waals surface area contributed by atoms with Gasteiger partial charge in [-0.1, -0.05) is 36.4 Å². The average molecular weight is 437 g/mol. The van der Waals surface area contributed by atoms with Gasteiger partial charge in [0.2, 0.25) is 9.60 Å². The normalized spacial score (nSPS) is 13.0. The molecule has 0 spiro atoms. The lowest BCUT2D eigenvalue weighted by molar-refractivity contribution is 0.596. The van der Waals surface area contributed by atoms with Crippen LogP contribution < -0.4 is 9.60 Å². The van der Waals surface area contributed by atoms with Gasteiger partial charge >= 0.3 is 0 Å². The highest BCUT2D eigenvalue weighted by Gasteiger charge is 2.14. The predicted octanol–water partition coefficient (Wildman–Crippen LogP) is 2.64. The Morgan fingerprint density at radius 2 is 1.52 bits per heavy atom. The van der Waals surface area contributed by atoms with Crippen molar-refractivity contribution in [1.82, 2.24) is 9.47 Å². The molecule has 10 heteroatoms. The molecule has 0 amide bonds. The molecule has 0 saturated carbocycles. The molecule has 0 aliphatic rings. The van der Waals surface area contributed by atoms with Crippen LogP contribution in [0.25, 0.3) is 5.69 Å². The topological polar surface area (TPSA) is 67.0 Å². The quantitative estimate of drug-likeness (QED) is 0.468. The molecule has 1 heterocycles. The monoisotopic (exact) mass is 436 g/mol. The number of para-hydroxylation sites is 1. The summed E-state index contributed by atoms with van der Waals surface area (Å²) in [7, 11) is 2.33. The maximum Gasteiger partial charge on any atom is 0.285 e. The first kappa shape index (κ1) is 19.6. The zero-order chi connectivity index (χ0) is 19.4. The lowest BCUT2D eigenvalue weighted by Gasteiger charge is -2.08. The van der Waals surface area contributed by atoms with E-state index in [0.29, 0.717) is 14.7 Å². The van der Waals surface area contributed by atoms with Gasteiger partial charge in [-0.15, -0.1) is 4.40 Å². The predicted molar refractivity (Wildman–Crippen MR) is 113 cm³/mol. The standard InChI is InChI=1S/C17H16N4O2S4/c1-20(2)15(24)18-16-21(13-9-5-3-6-10-13)17(26-25-16)19-27(22,23)14-11-7-4-8-12-14/h3-12H,1-2H3/b18-16-,19-17-. The third kappa shape index (κ3) is 4.59. The van der Waals surface area contributed by atoms with E-state index in [1.807, 2.05) is 30.3 Å². The molecule has 0 radical (unpaired) electrons. The van der Waals surface area contributed by atoms with Crippen LogP contribution in [-0.4, -0.2) is 37.1 Å². The van der Waals surface area contributed by atoms with Gasteiger partial charge in [-0.3, -0.25) is 4.57 Å². The first-order valence-corrected chi connectivity index (χ1v) is 11.8. The minimum Gasteiger partial charge on any atom is -0.353 e. The number of hydrogen-bond acceptors (Lipinski definition) is 5. The average Bonchev–Trinajstić information content (AvgIpc) is 3.04. The Kier molecular flexibility index (Phi) is 6.00. The fourth-order valence-corrected chi connectivity index (χ4v) is 5.68. The molecule has 0 aliphatic heterocycles. The summed E-state index contributed by atoms with van der Waals surface area (Å²) in [6, 6.07) is 17.5. The Labute approximate surface area is 169 Å². The molecule has 0 aliphatic carbocycles. The van der Waals surface area contributed by atoms with Gasteiger partial charge in [0.05, 0.1) is 10.6 Å². The van der Waals surface area contributed by atoms with E-state index in [9.17, 15) is 8.42 Å². The van der Waals surface area contributed by atoms with E-state index in [1.54, 1.807) is 41.8 Å². The van der Waals surface area contributed by atoms with Gasteiger partial charge in [0.1, 0.15) is 0 Å². The molecule has 0 bridgehead atoms. The van der Waals surface area contributed by atoms with Crippen LogP contribution in [0.4, 0.5) is 0 Å². The Morgan fingerprint density at radius 3 is 2.11 bits per heavy atom. The Morgan fingerprint density at radius 1 is 0.963 bits per heavy atom. The molecular formula is C17H16N4O2S4. The molecule has 3 rings (SSSR count). The third-order valence-corrected chi connectivity index (χ3v) is 7.33. The van der Waals surface area contributed by atoms with Crippen molar-refractivity contribution >= 4 is 48.0 Å². The van der Waals surface area contributed by atoms with E-state index in [4.69, 9.17) is 12.2 Å². The van der Waals surface area contributed by atoms with E-state index < -0.39 is 10.0 Å². The maximum atomic E-state index is 12.7. The molecule has 0 N–H and O–H groups in total. The van der Waals surface area contributed by atoms with Crippen LogP contribution in [-0.2, 0) is 10.0 Å². The van der Waals surface area contributed by atoms with Gasteiger partial charge in [-0.2, -0.15) is 13.4 Å². The molecule has 140 valence electrons. The number of benzene rings is 2. The molecule has 0 saturated heterocycles. The second-order valence-corrected chi connectivity index (χ2v) is 9.60. The molecule has 0 unspecified atom stereocenters. The van der Waals surface area contributed by atoms with Gasteiger partial charge in [-0.25, -0.2) is 0 Å². The van der Waals surface area contributed by atoms with Crippen molar-refractivity contribution in [2.24, 2.45) is 9.39 Å². The van der Waals surface area contributed by atoms with E-state index in [0.717, 1.165) is 5.69 Å². The van der Waals surface area contributed by atoms with Crippen molar-refractivity contribution in [3.8, 4) is 5.69 Å². The summed E-state index contributed by atoms with van der Waals surface area (Å²) in [6.07, 6.45) is 0. The summed E-state index contributed by atoms with van der Waals surface area (Å²) < 4.78 is 31.1. The molecular weight excluding hydrogens is 420 g/mol. The van der Waals surface area contributed by atoms with Gasteiger partial charge in [0.25, 0.3) is 10.0 Å². The van der Waals surface area contributed by atoms with Crippen LogP contribution in [0.2, 0.25) is 0 Å². The molecule has 2 aromatic carbocycles. The summed E-state index contributed by atoms with van der Waals surface area (Å²) in [4.78, 5) is 7.19. The van der Waals surface area contributed by atoms with Crippen molar-refractivity contribution in [3.05, 3.63) is 70.3 Å². The number of nitrogens with zero attached hydrogens (tertiary/aromatic N) is 4. The Balaban J connectivity index is 2.26. The highest BCUT2D eigenvalue weighted by atomic mass is 32.9. The van der Waals surface area contributed by atoms with Crippen molar-refractivity contribution in [1.29, 1.82) is 0 Å². The van der Waals surface area contributed by atoms with Crippen LogP contribution >= 0.6 is 32.9 Å². The van der Waals surface area contributed by atoms with E-state index in [-0.39, 0.29) is 4.90 Å². The molecule has 0 fully saturated rings. The van der Waals surface area contributed by atoms with E-state index >= 15 is 0 Å². The SMILES string of the molecule is CN(C)C(=S)/N=c1\ss/c(=N\S(=O)(=O)c2ccccc2)n1-c1ccccc1. The minimum atomic E-state index is -3.84. The van der Waals surface area contributed by atoms with Crippen LogP contribution in [0.1, 0.15) is 0 Å². The number of rotatable bonds is 3. The summed E-state index contributed by atoms with van der Waals surface area (Å²) in [5.41, 5.74) is 0.761. The fraction of sp³-hybridized carbons (Fsp3) is 0.118. The zero-order valence-electron chi connectivity index (χ0n) is 14.5. The minimum absolute atomic E-state index is 0.144. The molecule has 1 aromatic heterocycles.